The van der Waals surface area contributed by atoms with Crippen molar-refractivity contribution in [2.24, 2.45) is 5.92 Å². The third-order valence-corrected chi connectivity index (χ3v) is 5.96. The Kier molecular flexibility index (Phi) is 11.6. The first-order valence-electron chi connectivity index (χ1n) is 11.8. The molecule has 2 N–H and O–H groups in total. The van der Waals surface area contributed by atoms with Crippen LogP contribution in [0.5, 0.6) is 0 Å². The summed E-state index contributed by atoms with van der Waals surface area (Å²) < 4.78 is 0. The van der Waals surface area contributed by atoms with Gasteiger partial charge in [-0.3, -0.25) is 9.59 Å². The van der Waals surface area contributed by atoms with E-state index >= 15 is 0 Å². The SMILES string of the molecule is C[C@@H](CC#CCCc1ccccc1)[C@H](O)C=C[C@H]1CCC(=O)N1CCCCCCC(=O)O. The molecule has 1 saturated heterocycles. The van der Waals surface area contributed by atoms with Crippen molar-refractivity contribution in [1.82, 2.24) is 4.90 Å². The summed E-state index contributed by atoms with van der Waals surface area (Å²) in [6.07, 6.45) is 10.5. The van der Waals surface area contributed by atoms with Crippen molar-refractivity contribution in [2.75, 3.05) is 6.54 Å². The second kappa shape index (κ2) is 14.5. The molecule has 1 aliphatic heterocycles. The number of aliphatic hydroxyl groups excluding tert-OH is 1. The van der Waals surface area contributed by atoms with Crippen LogP contribution in [0.15, 0.2) is 42.5 Å². The minimum absolute atomic E-state index is 0.0373. The van der Waals surface area contributed by atoms with Crippen molar-refractivity contribution in [3.05, 3.63) is 48.0 Å². The smallest absolute Gasteiger partial charge is 0.303 e. The number of aliphatic carboxylic acids is 1. The number of carbonyl (C=O) groups excluding carboxylic acids is 1. The number of carbonyl (C=O) groups is 2. The molecule has 1 aliphatic rings. The predicted molar refractivity (Wildman–Crippen MR) is 127 cm³/mol. The summed E-state index contributed by atoms with van der Waals surface area (Å²) in [4.78, 5) is 24.7. The van der Waals surface area contributed by atoms with E-state index in [-0.39, 0.29) is 24.3 Å². The van der Waals surface area contributed by atoms with E-state index in [1.807, 2.05) is 42.2 Å². The molecule has 0 aliphatic carbocycles. The maximum Gasteiger partial charge on any atom is 0.303 e. The number of unbranched alkanes of at least 4 members (excludes halogenated alkanes) is 3. The number of aryl methyl sites for hydroxylation is 1. The van der Waals surface area contributed by atoms with Gasteiger partial charge < -0.3 is 15.1 Å². The molecule has 1 heterocycles. The summed E-state index contributed by atoms with van der Waals surface area (Å²) in [7, 11) is 0. The van der Waals surface area contributed by atoms with Crippen LogP contribution in [-0.2, 0) is 16.0 Å². The summed E-state index contributed by atoms with van der Waals surface area (Å²) in [6, 6.07) is 10.3. The molecule has 5 nitrogen and oxygen atoms in total. The van der Waals surface area contributed by atoms with Gasteiger partial charge in [-0.15, -0.1) is 11.8 Å². The topological polar surface area (TPSA) is 77.8 Å². The first-order valence-corrected chi connectivity index (χ1v) is 11.8. The van der Waals surface area contributed by atoms with Crippen LogP contribution in [-0.4, -0.2) is 45.7 Å². The molecule has 32 heavy (non-hydrogen) atoms. The molecule has 5 heteroatoms. The van der Waals surface area contributed by atoms with Gasteiger partial charge in [-0.1, -0.05) is 62.2 Å². The number of likely N-dealkylation sites (tertiary alicyclic amines) is 1. The minimum Gasteiger partial charge on any atom is -0.481 e. The maximum absolute atomic E-state index is 12.2. The lowest BCUT2D eigenvalue weighted by Crippen LogP contribution is -2.33. The molecule has 0 radical (unpaired) electrons. The number of carboxylic acids is 1. The van der Waals surface area contributed by atoms with E-state index in [2.05, 4.69) is 24.0 Å². The van der Waals surface area contributed by atoms with E-state index in [9.17, 15) is 14.7 Å². The van der Waals surface area contributed by atoms with Crippen LogP contribution in [0.1, 0.15) is 70.3 Å². The number of aliphatic hydroxyl groups is 1. The first kappa shape index (κ1) is 25.7. The third-order valence-electron chi connectivity index (χ3n) is 5.96. The number of rotatable bonds is 13. The lowest BCUT2D eigenvalue weighted by atomic mass is 9.99. The molecule has 0 unspecified atom stereocenters. The Morgan fingerprint density at radius 1 is 1.19 bits per heavy atom. The molecule has 0 spiro atoms. The van der Waals surface area contributed by atoms with Gasteiger partial charge in [0.25, 0.3) is 0 Å². The van der Waals surface area contributed by atoms with Crippen molar-refractivity contribution < 1.29 is 19.8 Å². The largest absolute Gasteiger partial charge is 0.481 e. The molecule has 1 aromatic rings. The fourth-order valence-corrected chi connectivity index (χ4v) is 3.88. The molecular weight excluding hydrogens is 402 g/mol. The second-order valence-electron chi connectivity index (χ2n) is 8.65. The Morgan fingerprint density at radius 3 is 2.69 bits per heavy atom. The Bertz CT molecular complexity index is 793. The highest BCUT2D eigenvalue weighted by Crippen LogP contribution is 2.22. The predicted octanol–water partition coefficient (Wildman–Crippen LogP) is 4.59. The van der Waals surface area contributed by atoms with Crippen molar-refractivity contribution in [3.63, 3.8) is 0 Å². The Morgan fingerprint density at radius 2 is 1.94 bits per heavy atom. The standard InChI is InChI=1S/C27H37NO4/c1-22(12-6-4-7-13-23-14-8-5-9-15-23)25(29)19-17-24-18-20-26(30)28(24)21-11-3-2-10-16-27(31)32/h5,8-9,14-15,17,19,22,24-25,29H,2-3,7,10-13,16,18,20-21H2,1H3,(H,31,32)/t22-,24-,25+/m0/s1. The zero-order valence-corrected chi connectivity index (χ0v) is 19.2. The second-order valence-corrected chi connectivity index (χ2v) is 8.65. The van der Waals surface area contributed by atoms with E-state index in [4.69, 9.17) is 5.11 Å². The van der Waals surface area contributed by atoms with Crippen LogP contribution in [0.3, 0.4) is 0 Å². The average molecular weight is 440 g/mol. The number of hydrogen-bond donors (Lipinski definition) is 2. The molecule has 2 rings (SSSR count). The van der Waals surface area contributed by atoms with Gasteiger partial charge in [0.15, 0.2) is 0 Å². The minimum atomic E-state index is -0.754. The normalized spacial score (nSPS) is 17.9. The molecule has 0 saturated carbocycles. The molecule has 174 valence electrons. The molecule has 3 atom stereocenters. The third kappa shape index (κ3) is 9.70. The summed E-state index contributed by atoms with van der Waals surface area (Å²) >= 11 is 0. The van der Waals surface area contributed by atoms with Gasteiger partial charge in [0.05, 0.1) is 12.1 Å². The number of nitrogens with zero attached hydrogens (tertiary/aromatic N) is 1. The van der Waals surface area contributed by atoms with Gasteiger partial charge in [-0.05, 0) is 37.2 Å². The summed E-state index contributed by atoms with van der Waals surface area (Å²) in [6.45, 7) is 2.69. The molecule has 0 aromatic heterocycles. The number of carboxylic acid groups (broad SMARTS) is 1. The Balaban J connectivity index is 1.69. The monoisotopic (exact) mass is 439 g/mol. The van der Waals surface area contributed by atoms with Gasteiger partial charge in [-0.2, -0.15) is 0 Å². The fourth-order valence-electron chi connectivity index (χ4n) is 3.88. The van der Waals surface area contributed by atoms with E-state index in [1.165, 1.54) is 5.56 Å². The zero-order chi connectivity index (χ0) is 23.2. The average Bonchev–Trinajstić information content (AvgIpc) is 3.13. The Labute approximate surface area is 192 Å². The molecular formula is C27H37NO4. The number of hydrogen-bond acceptors (Lipinski definition) is 3. The molecule has 1 aromatic carbocycles. The summed E-state index contributed by atoms with van der Waals surface area (Å²) in [5.41, 5.74) is 1.29. The van der Waals surface area contributed by atoms with Crippen molar-refractivity contribution in [2.45, 2.75) is 83.3 Å². The quantitative estimate of drug-likeness (QED) is 0.268. The molecule has 1 amide bonds. The van der Waals surface area contributed by atoms with E-state index < -0.39 is 12.1 Å². The fraction of sp³-hybridized carbons (Fsp3) is 0.556. The molecule has 1 fully saturated rings. The number of benzene rings is 1. The van der Waals surface area contributed by atoms with E-state index in [0.29, 0.717) is 25.8 Å². The van der Waals surface area contributed by atoms with Crippen molar-refractivity contribution in [1.29, 1.82) is 0 Å². The van der Waals surface area contributed by atoms with Crippen molar-refractivity contribution >= 4 is 11.9 Å². The lowest BCUT2D eigenvalue weighted by molar-refractivity contribution is -0.137. The van der Waals surface area contributed by atoms with Crippen LogP contribution in [0.25, 0.3) is 0 Å². The van der Waals surface area contributed by atoms with Crippen LogP contribution < -0.4 is 0 Å². The van der Waals surface area contributed by atoms with Crippen LogP contribution >= 0.6 is 0 Å². The van der Waals surface area contributed by atoms with Crippen molar-refractivity contribution in [3.8, 4) is 11.8 Å². The van der Waals surface area contributed by atoms with Gasteiger partial charge in [0.1, 0.15) is 0 Å². The van der Waals surface area contributed by atoms with E-state index in [1.54, 1.807) is 0 Å². The highest BCUT2D eigenvalue weighted by Gasteiger charge is 2.28. The Hall–Kier alpha value is -2.58. The number of amides is 1. The maximum atomic E-state index is 12.2. The van der Waals surface area contributed by atoms with Crippen LogP contribution in [0, 0.1) is 17.8 Å². The van der Waals surface area contributed by atoms with Gasteiger partial charge in [0.2, 0.25) is 5.91 Å². The van der Waals surface area contributed by atoms with Gasteiger partial charge in [0, 0.05) is 32.2 Å². The lowest BCUT2D eigenvalue weighted by Gasteiger charge is -2.23. The van der Waals surface area contributed by atoms with Crippen LogP contribution in [0.2, 0.25) is 0 Å². The van der Waals surface area contributed by atoms with Gasteiger partial charge >= 0.3 is 5.97 Å². The summed E-state index contributed by atoms with van der Waals surface area (Å²) in [5, 5.41) is 19.2. The zero-order valence-electron chi connectivity index (χ0n) is 19.2. The first-order chi connectivity index (χ1) is 15.5. The highest BCUT2D eigenvalue weighted by molar-refractivity contribution is 5.79. The molecule has 0 bridgehead atoms. The van der Waals surface area contributed by atoms with Crippen LogP contribution in [0.4, 0.5) is 0 Å². The van der Waals surface area contributed by atoms with Gasteiger partial charge in [-0.25, -0.2) is 0 Å². The highest BCUT2D eigenvalue weighted by atomic mass is 16.4. The summed E-state index contributed by atoms with van der Waals surface area (Å²) in [5.74, 6) is 5.84. The van der Waals surface area contributed by atoms with E-state index in [0.717, 1.165) is 38.5 Å².